The highest BCUT2D eigenvalue weighted by molar-refractivity contribution is 5.75. The van der Waals surface area contributed by atoms with Gasteiger partial charge >= 0.3 is 11.9 Å². The molecule has 0 saturated carbocycles. The molecule has 5 rings (SSSR count). The summed E-state index contributed by atoms with van der Waals surface area (Å²) in [5, 5.41) is 4.31. The van der Waals surface area contributed by atoms with Gasteiger partial charge in [0.05, 0.1) is 29.9 Å². The summed E-state index contributed by atoms with van der Waals surface area (Å²) in [6.07, 6.45) is 0.386. The van der Waals surface area contributed by atoms with Gasteiger partial charge in [0.15, 0.2) is 11.3 Å². The van der Waals surface area contributed by atoms with Crippen molar-refractivity contribution in [2.75, 3.05) is 24.6 Å². The number of alkyl halides is 4. The minimum atomic E-state index is -4.52. The van der Waals surface area contributed by atoms with E-state index in [1.54, 1.807) is 17.2 Å². The van der Waals surface area contributed by atoms with E-state index in [4.69, 9.17) is 4.74 Å². The second kappa shape index (κ2) is 7.67. The van der Waals surface area contributed by atoms with Crippen LogP contribution in [0.3, 0.4) is 0 Å². The topological polar surface area (TPSA) is 121 Å². The van der Waals surface area contributed by atoms with Gasteiger partial charge in [0.1, 0.15) is 12.3 Å². The maximum absolute atomic E-state index is 15.1. The van der Waals surface area contributed by atoms with Crippen molar-refractivity contribution in [3.8, 4) is 17.1 Å². The van der Waals surface area contributed by atoms with E-state index in [1.807, 2.05) is 0 Å². The fraction of sp³-hybridized carbons (Fsp3) is 0.250. The smallest absolute Gasteiger partial charge is 0.417 e. The van der Waals surface area contributed by atoms with E-state index in [2.05, 4.69) is 25.0 Å². The Balaban J connectivity index is 1.33. The van der Waals surface area contributed by atoms with Crippen molar-refractivity contribution in [3.63, 3.8) is 0 Å². The highest BCUT2D eigenvalue weighted by Gasteiger charge is 2.45. The van der Waals surface area contributed by atoms with Crippen LogP contribution in [0.5, 0.6) is 5.88 Å². The lowest BCUT2D eigenvalue weighted by molar-refractivity contribution is -0.137. The molecular weight excluding hydrogens is 462 g/mol. The molecule has 14 heteroatoms. The highest BCUT2D eigenvalue weighted by atomic mass is 19.4. The number of ether oxygens (including phenoxy) is 1. The highest BCUT2D eigenvalue weighted by Crippen LogP contribution is 2.35. The fourth-order valence-corrected chi connectivity index (χ4v) is 3.60. The number of imidazole rings is 1. The van der Waals surface area contributed by atoms with Crippen LogP contribution in [-0.4, -0.2) is 54.9 Å². The lowest BCUT2D eigenvalue weighted by Crippen LogP contribution is -2.62. The van der Waals surface area contributed by atoms with Gasteiger partial charge in [-0.1, -0.05) is 0 Å². The van der Waals surface area contributed by atoms with Crippen molar-refractivity contribution in [1.29, 1.82) is 0 Å². The third-order valence-electron chi connectivity index (χ3n) is 5.27. The summed E-state index contributed by atoms with van der Waals surface area (Å²) in [5.41, 5.74) is -2.73. The predicted octanol–water partition coefficient (Wildman–Crippen LogP) is 1.79. The molecule has 0 unspecified atom stereocenters. The maximum atomic E-state index is 15.1. The molecule has 0 aliphatic carbocycles. The van der Waals surface area contributed by atoms with Crippen LogP contribution in [0.2, 0.25) is 0 Å². The van der Waals surface area contributed by atoms with Crippen molar-refractivity contribution in [2.24, 2.45) is 0 Å². The second-order valence-electron chi connectivity index (χ2n) is 7.77. The summed E-state index contributed by atoms with van der Waals surface area (Å²) in [6.45, 7) is -0.604. The molecule has 10 nitrogen and oxygen atoms in total. The van der Waals surface area contributed by atoms with Gasteiger partial charge in [-0.2, -0.15) is 18.3 Å². The first-order valence-electron chi connectivity index (χ1n) is 9.88. The Morgan fingerprint density at radius 3 is 2.65 bits per heavy atom. The van der Waals surface area contributed by atoms with Crippen molar-refractivity contribution < 1.29 is 22.3 Å². The van der Waals surface area contributed by atoms with Crippen LogP contribution in [0.15, 0.2) is 52.6 Å². The standard InChI is InChI=1S/C20H15F4N7O3/c21-19(10-34-15-2-1-11(6-26-15)20(22,23)24)8-30(9-19)14-5-13(29-31-4-3-25-16(14)31)12-7-27-18(33)28-17(12)32/h1-7H,8-10H2,(H2,27,28,32,33). The summed E-state index contributed by atoms with van der Waals surface area (Å²) in [5.74, 6) is -0.123. The molecule has 1 aliphatic heterocycles. The Morgan fingerprint density at radius 2 is 1.97 bits per heavy atom. The van der Waals surface area contributed by atoms with Gasteiger partial charge in [-0.25, -0.2) is 23.7 Å². The molecule has 0 amide bonds. The summed E-state index contributed by atoms with van der Waals surface area (Å²) in [4.78, 5) is 37.5. The SMILES string of the molecule is O=c1[nH]cc(-c2cc(N3CC(F)(COc4ccc(C(F)(F)F)cn4)C3)c3nccn3n2)c(=O)[nH]1. The minimum absolute atomic E-state index is 0.0956. The van der Waals surface area contributed by atoms with Gasteiger partial charge in [0.2, 0.25) is 5.88 Å². The molecule has 0 aromatic carbocycles. The molecule has 4 aromatic heterocycles. The van der Waals surface area contributed by atoms with Crippen molar-refractivity contribution in [1.82, 2.24) is 29.5 Å². The summed E-state index contributed by atoms with van der Waals surface area (Å²) in [6, 6.07) is 3.41. The Labute approximate surface area is 186 Å². The number of H-pyrrole nitrogens is 2. The van der Waals surface area contributed by atoms with Gasteiger partial charge in [0, 0.05) is 30.9 Å². The number of rotatable bonds is 5. The minimum Gasteiger partial charge on any atom is -0.474 e. The molecule has 176 valence electrons. The number of anilines is 1. The number of pyridine rings is 1. The van der Waals surface area contributed by atoms with Crippen LogP contribution in [0.1, 0.15) is 5.56 Å². The first-order valence-corrected chi connectivity index (χ1v) is 9.88. The second-order valence-corrected chi connectivity index (χ2v) is 7.77. The molecule has 0 spiro atoms. The van der Waals surface area contributed by atoms with Crippen LogP contribution in [0.4, 0.5) is 23.2 Å². The van der Waals surface area contributed by atoms with Crippen molar-refractivity contribution in [2.45, 2.75) is 11.8 Å². The van der Waals surface area contributed by atoms with Gasteiger partial charge in [0.25, 0.3) is 5.56 Å². The van der Waals surface area contributed by atoms with E-state index in [0.29, 0.717) is 17.5 Å². The van der Waals surface area contributed by atoms with Gasteiger partial charge in [-0.15, -0.1) is 0 Å². The summed E-state index contributed by atoms with van der Waals surface area (Å²) in [7, 11) is 0. The zero-order valence-corrected chi connectivity index (χ0v) is 17.1. The third-order valence-corrected chi connectivity index (χ3v) is 5.27. The lowest BCUT2D eigenvalue weighted by Gasteiger charge is -2.45. The van der Waals surface area contributed by atoms with Crippen LogP contribution in [0.25, 0.3) is 16.9 Å². The van der Waals surface area contributed by atoms with E-state index in [-0.39, 0.29) is 30.2 Å². The molecule has 1 aliphatic rings. The van der Waals surface area contributed by atoms with Crippen LogP contribution in [0, 0.1) is 0 Å². The summed E-state index contributed by atoms with van der Waals surface area (Å²) >= 11 is 0. The first kappa shape index (κ1) is 21.6. The Hall–Kier alpha value is -4.23. The quantitative estimate of drug-likeness (QED) is 0.421. The van der Waals surface area contributed by atoms with Gasteiger partial charge in [-0.05, 0) is 12.1 Å². The Kier molecular flexibility index (Phi) is 4.88. The number of aromatic amines is 2. The Morgan fingerprint density at radius 1 is 1.18 bits per heavy atom. The van der Waals surface area contributed by atoms with E-state index in [9.17, 15) is 22.8 Å². The molecule has 0 bridgehead atoms. The molecule has 1 saturated heterocycles. The van der Waals surface area contributed by atoms with Crippen LogP contribution < -0.4 is 20.9 Å². The monoisotopic (exact) mass is 477 g/mol. The largest absolute Gasteiger partial charge is 0.474 e. The molecule has 1 fully saturated rings. The van der Waals surface area contributed by atoms with E-state index < -0.39 is 35.3 Å². The molecular formula is C20H15F4N7O3. The number of hydrogen-bond donors (Lipinski definition) is 2. The van der Waals surface area contributed by atoms with E-state index in [0.717, 1.165) is 12.1 Å². The number of aromatic nitrogens is 6. The van der Waals surface area contributed by atoms with Crippen LogP contribution >= 0.6 is 0 Å². The first-order chi connectivity index (χ1) is 16.1. The molecule has 34 heavy (non-hydrogen) atoms. The molecule has 2 N–H and O–H groups in total. The predicted molar refractivity (Wildman–Crippen MR) is 110 cm³/mol. The molecule has 0 radical (unpaired) electrons. The average Bonchev–Trinajstić information content (AvgIpc) is 3.24. The van der Waals surface area contributed by atoms with E-state index in [1.165, 1.54) is 16.9 Å². The zero-order chi connectivity index (χ0) is 24.1. The number of fused-ring (bicyclic) bond motifs is 1. The summed E-state index contributed by atoms with van der Waals surface area (Å²) < 4.78 is 59.7. The normalized spacial score (nSPS) is 15.4. The van der Waals surface area contributed by atoms with Crippen LogP contribution in [-0.2, 0) is 6.18 Å². The average molecular weight is 477 g/mol. The third kappa shape index (κ3) is 3.97. The van der Waals surface area contributed by atoms with E-state index >= 15 is 4.39 Å². The number of hydrogen-bond acceptors (Lipinski definition) is 7. The maximum Gasteiger partial charge on any atom is 0.417 e. The lowest BCUT2D eigenvalue weighted by atomic mass is 9.96. The van der Waals surface area contributed by atoms with Gasteiger partial charge in [-0.3, -0.25) is 9.78 Å². The fourth-order valence-electron chi connectivity index (χ4n) is 3.60. The van der Waals surface area contributed by atoms with Gasteiger partial charge < -0.3 is 14.6 Å². The number of halogens is 4. The Bertz CT molecular complexity index is 1470. The molecule has 5 heterocycles. The number of nitrogens with one attached hydrogen (secondary N) is 2. The zero-order valence-electron chi connectivity index (χ0n) is 17.1. The molecule has 0 atom stereocenters. The number of nitrogens with zero attached hydrogens (tertiary/aromatic N) is 5. The van der Waals surface area contributed by atoms with Crippen molar-refractivity contribution in [3.05, 3.63) is 69.4 Å². The van der Waals surface area contributed by atoms with Crippen molar-refractivity contribution >= 4 is 11.3 Å². The molecule has 4 aromatic rings.